The number of nitrogens with zero attached hydrogens (tertiary/aromatic N) is 4. The molecule has 0 radical (unpaired) electrons. The predicted molar refractivity (Wildman–Crippen MR) is 153 cm³/mol. The molecule has 198 valence electrons. The molecule has 1 atom stereocenters. The van der Waals surface area contributed by atoms with Crippen LogP contribution < -0.4 is 10.2 Å². The zero-order valence-electron chi connectivity index (χ0n) is 22.9. The number of anilines is 1. The van der Waals surface area contributed by atoms with Crippen molar-refractivity contribution in [2.75, 3.05) is 32.1 Å². The van der Waals surface area contributed by atoms with Gasteiger partial charge >= 0.3 is 0 Å². The normalized spacial score (nSPS) is 22.0. The van der Waals surface area contributed by atoms with Gasteiger partial charge in [-0.25, -0.2) is 9.98 Å². The molecule has 0 bridgehead atoms. The Hall–Kier alpha value is -2.84. The van der Waals surface area contributed by atoms with Crippen molar-refractivity contribution in [1.82, 2.24) is 15.2 Å². The van der Waals surface area contributed by atoms with Crippen LogP contribution in [0.25, 0.3) is 11.3 Å². The van der Waals surface area contributed by atoms with Crippen LogP contribution in [0.5, 0.6) is 0 Å². The summed E-state index contributed by atoms with van der Waals surface area (Å²) in [5, 5.41) is 5.05. The minimum absolute atomic E-state index is 0.171. The van der Waals surface area contributed by atoms with Gasteiger partial charge in [-0.1, -0.05) is 5.57 Å². The van der Waals surface area contributed by atoms with Crippen molar-refractivity contribution < 1.29 is 9.59 Å². The molecular formula is C29H39N5O2S. The molecule has 1 unspecified atom stereocenters. The van der Waals surface area contributed by atoms with Crippen LogP contribution in [-0.2, 0) is 4.79 Å². The second kappa shape index (κ2) is 11.7. The van der Waals surface area contributed by atoms with Crippen molar-refractivity contribution >= 4 is 34.6 Å². The predicted octanol–water partition coefficient (Wildman–Crippen LogP) is 5.11. The molecule has 1 N–H and O–H groups in total. The molecule has 7 nitrogen and oxygen atoms in total. The molecule has 4 rings (SSSR count). The van der Waals surface area contributed by atoms with Crippen LogP contribution in [0.3, 0.4) is 0 Å². The molecule has 2 heterocycles. The highest BCUT2D eigenvalue weighted by molar-refractivity contribution is 7.07. The van der Waals surface area contributed by atoms with E-state index in [1.807, 2.05) is 43.8 Å². The lowest BCUT2D eigenvalue weighted by Gasteiger charge is -2.40. The summed E-state index contributed by atoms with van der Waals surface area (Å²) >= 11 is 1.55. The summed E-state index contributed by atoms with van der Waals surface area (Å²) in [4.78, 5) is 39.4. The lowest BCUT2D eigenvalue weighted by Crippen LogP contribution is -2.42. The number of dihydropyridines is 1. The van der Waals surface area contributed by atoms with E-state index in [2.05, 4.69) is 52.2 Å². The van der Waals surface area contributed by atoms with E-state index in [1.165, 1.54) is 12.8 Å². The number of benzene rings is 1. The summed E-state index contributed by atoms with van der Waals surface area (Å²) in [7, 11) is 4.33. The molecule has 8 heteroatoms. The Morgan fingerprint density at radius 3 is 2.41 bits per heavy atom. The van der Waals surface area contributed by atoms with Crippen LogP contribution in [-0.4, -0.2) is 66.7 Å². The first-order chi connectivity index (χ1) is 17.7. The van der Waals surface area contributed by atoms with Gasteiger partial charge in [0, 0.05) is 53.1 Å². The molecule has 37 heavy (non-hydrogen) atoms. The summed E-state index contributed by atoms with van der Waals surface area (Å²) in [6, 6.07) is 5.20. The number of hydrogen-bond acceptors (Lipinski definition) is 6. The molecule has 2 aliphatic rings. The summed E-state index contributed by atoms with van der Waals surface area (Å²) in [6.07, 6.45) is 6.53. The first kappa shape index (κ1) is 27.2. The number of nitrogens with one attached hydrogen (secondary N) is 1. The molecule has 1 aliphatic heterocycles. The highest BCUT2D eigenvalue weighted by Crippen LogP contribution is 2.35. The minimum Gasteiger partial charge on any atom is -0.369 e. The maximum Gasteiger partial charge on any atom is 0.254 e. The largest absolute Gasteiger partial charge is 0.369 e. The van der Waals surface area contributed by atoms with E-state index in [1.54, 1.807) is 11.3 Å². The monoisotopic (exact) mass is 521 g/mol. The van der Waals surface area contributed by atoms with E-state index in [4.69, 9.17) is 0 Å². The third-order valence-corrected chi connectivity index (χ3v) is 8.46. The van der Waals surface area contributed by atoms with Gasteiger partial charge in [0.1, 0.15) is 0 Å². The molecule has 2 amide bonds. The van der Waals surface area contributed by atoms with Gasteiger partial charge in [-0.15, -0.1) is 11.3 Å². The number of aromatic nitrogens is 1. The fraction of sp³-hybridized carbons (Fsp3) is 0.517. The lowest BCUT2D eigenvalue weighted by molar-refractivity contribution is -0.120. The second-order valence-corrected chi connectivity index (χ2v) is 11.2. The number of carbonyl (C=O) groups excluding carboxylic acids is 2. The summed E-state index contributed by atoms with van der Waals surface area (Å²) in [5.41, 5.74) is 7.96. The summed E-state index contributed by atoms with van der Waals surface area (Å²) in [6.45, 7) is 9.07. The molecule has 1 aromatic heterocycles. The molecule has 1 fully saturated rings. The van der Waals surface area contributed by atoms with Crippen LogP contribution in [0.15, 0.2) is 39.7 Å². The fourth-order valence-corrected chi connectivity index (χ4v) is 6.26. The third-order valence-electron chi connectivity index (χ3n) is 7.88. The number of aliphatic imine (C=N–C) groups is 1. The first-order valence-electron chi connectivity index (χ1n) is 13.2. The molecule has 1 aliphatic carbocycles. The van der Waals surface area contributed by atoms with Crippen LogP contribution in [0.1, 0.15) is 62.4 Å². The Bertz CT molecular complexity index is 1190. The topological polar surface area (TPSA) is 77.9 Å². The van der Waals surface area contributed by atoms with Gasteiger partial charge in [-0.3, -0.25) is 9.59 Å². The second-order valence-electron chi connectivity index (χ2n) is 10.5. The van der Waals surface area contributed by atoms with E-state index >= 15 is 0 Å². The number of rotatable bonds is 8. The van der Waals surface area contributed by atoms with Crippen LogP contribution in [0.2, 0.25) is 0 Å². The van der Waals surface area contributed by atoms with Gasteiger partial charge in [-0.05, 0) is 91.2 Å². The smallest absolute Gasteiger partial charge is 0.254 e. The van der Waals surface area contributed by atoms with Crippen LogP contribution in [0, 0.1) is 12.8 Å². The highest BCUT2D eigenvalue weighted by Gasteiger charge is 2.29. The zero-order valence-corrected chi connectivity index (χ0v) is 23.7. The third kappa shape index (κ3) is 6.02. The van der Waals surface area contributed by atoms with Crippen molar-refractivity contribution in [3.8, 4) is 11.3 Å². The SMILES string of the molecule is CCN(c1cc(-c2cscn2)cc(C(=O)NCC2C(=O)N=C(C)C=C2C)c1C)C1CCC(N(C)C)CC1. The maximum atomic E-state index is 13.5. The first-order valence-corrected chi connectivity index (χ1v) is 14.2. The number of amides is 2. The van der Waals surface area contributed by atoms with Crippen LogP contribution >= 0.6 is 11.3 Å². The Morgan fingerprint density at radius 2 is 1.81 bits per heavy atom. The van der Waals surface area contributed by atoms with Crippen molar-refractivity contribution in [2.45, 2.75) is 65.5 Å². The Labute approximate surface area is 224 Å². The average Bonchev–Trinajstić information content (AvgIpc) is 3.40. The molecule has 0 saturated heterocycles. The van der Waals surface area contributed by atoms with E-state index < -0.39 is 5.92 Å². The van der Waals surface area contributed by atoms with Crippen molar-refractivity contribution in [3.63, 3.8) is 0 Å². The average molecular weight is 522 g/mol. The summed E-state index contributed by atoms with van der Waals surface area (Å²) < 4.78 is 0. The summed E-state index contributed by atoms with van der Waals surface area (Å²) in [5.74, 6) is -0.792. The van der Waals surface area contributed by atoms with Gasteiger partial charge in [0.2, 0.25) is 0 Å². The lowest BCUT2D eigenvalue weighted by atomic mass is 9.88. The van der Waals surface area contributed by atoms with Gasteiger partial charge < -0.3 is 15.1 Å². The number of thiazole rings is 1. The minimum atomic E-state index is -0.423. The zero-order chi connectivity index (χ0) is 26.7. The van der Waals surface area contributed by atoms with E-state index in [9.17, 15) is 9.59 Å². The Kier molecular flexibility index (Phi) is 8.60. The quantitative estimate of drug-likeness (QED) is 0.522. The van der Waals surface area contributed by atoms with Gasteiger partial charge in [0.25, 0.3) is 11.8 Å². The van der Waals surface area contributed by atoms with Crippen molar-refractivity contribution in [3.05, 3.63) is 45.8 Å². The standard InChI is InChI=1S/C29H39N5O2S/c1-7-34(23-10-8-22(9-11-23)33(5)6)27-14-21(26-16-37-17-31-26)13-24(20(27)4)28(35)30-15-25-18(2)12-19(3)32-29(25)36/h12-14,16-17,22-23,25H,7-11,15H2,1-6H3,(H,30,35). The van der Waals surface area contributed by atoms with Gasteiger partial charge in [0.05, 0.1) is 17.1 Å². The fourth-order valence-electron chi connectivity index (χ4n) is 5.69. The van der Waals surface area contributed by atoms with Gasteiger partial charge in [0.15, 0.2) is 0 Å². The molecular weight excluding hydrogens is 482 g/mol. The number of allylic oxidation sites excluding steroid dienone is 1. The molecule has 1 aromatic carbocycles. The van der Waals surface area contributed by atoms with Crippen LogP contribution in [0.4, 0.5) is 5.69 Å². The van der Waals surface area contributed by atoms with Crippen molar-refractivity contribution in [2.24, 2.45) is 10.9 Å². The Balaban J connectivity index is 1.62. The van der Waals surface area contributed by atoms with Gasteiger partial charge in [-0.2, -0.15) is 0 Å². The van der Waals surface area contributed by atoms with Crippen molar-refractivity contribution in [1.29, 1.82) is 0 Å². The highest BCUT2D eigenvalue weighted by atomic mass is 32.1. The maximum absolute atomic E-state index is 13.5. The number of hydrogen-bond donors (Lipinski definition) is 1. The molecule has 0 spiro atoms. The molecule has 1 saturated carbocycles. The van der Waals surface area contributed by atoms with E-state index in [0.717, 1.165) is 47.5 Å². The number of carbonyl (C=O) groups is 2. The van der Waals surface area contributed by atoms with E-state index in [-0.39, 0.29) is 18.4 Å². The van der Waals surface area contributed by atoms with E-state index in [0.29, 0.717) is 23.4 Å². The Morgan fingerprint density at radius 1 is 1.11 bits per heavy atom. The molecule has 2 aromatic rings.